The number of hydrogen-bond donors (Lipinski definition) is 0. The molecule has 0 N–H and O–H groups in total. The van der Waals surface area contributed by atoms with Gasteiger partial charge in [0.2, 0.25) is 5.91 Å². The summed E-state index contributed by atoms with van der Waals surface area (Å²) in [6.45, 7) is 6.37. The predicted octanol–water partition coefficient (Wildman–Crippen LogP) is 1.78. The van der Waals surface area contributed by atoms with Gasteiger partial charge in [-0.05, 0) is 51.1 Å². The summed E-state index contributed by atoms with van der Waals surface area (Å²) in [6, 6.07) is 0. The molecule has 1 atom stereocenters. The van der Waals surface area contributed by atoms with Crippen LogP contribution in [0.15, 0.2) is 18.6 Å². The summed E-state index contributed by atoms with van der Waals surface area (Å²) in [5, 5.41) is 0. The third kappa shape index (κ3) is 6.79. The second-order valence-corrected chi connectivity index (χ2v) is 7.91. The summed E-state index contributed by atoms with van der Waals surface area (Å²) in [4.78, 5) is 25.9. The van der Waals surface area contributed by atoms with E-state index < -0.39 is 0 Å². The van der Waals surface area contributed by atoms with Crippen molar-refractivity contribution >= 4 is 5.91 Å². The van der Waals surface area contributed by atoms with Crippen LogP contribution in [0.5, 0.6) is 0 Å². The maximum Gasteiger partial charge on any atom is 0.223 e. The lowest BCUT2D eigenvalue weighted by Gasteiger charge is -2.35. The van der Waals surface area contributed by atoms with Crippen LogP contribution >= 0.6 is 0 Å². The van der Waals surface area contributed by atoms with Crippen LogP contribution in [0.25, 0.3) is 0 Å². The fourth-order valence-electron chi connectivity index (χ4n) is 4.09. The molecule has 0 spiro atoms. The normalized spacial score (nSPS) is 21.1. The Morgan fingerprint density at radius 1 is 1.29 bits per heavy atom. The van der Waals surface area contributed by atoms with E-state index in [0.29, 0.717) is 18.8 Å². The Morgan fingerprint density at radius 3 is 2.82 bits per heavy atom. The van der Waals surface area contributed by atoms with Gasteiger partial charge in [-0.2, -0.15) is 0 Å². The smallest absolute Gasteiger partial charge is 0.223 e. The third-order valence-electron chi connectivity index (χ3n) is 5.81. The van der Waals surface area contributed by atoms with Crippen LogP contribution in [0.1, 0.15) is 37.8 Å². The number of ether oxygens (including phenoxy) is 2. The maximum absolute atomic E-state index is 13.0. The van der Waals surface area contributed by atoms with Gasteiger partial charge in [-0.15, -0.1) is 0 Å². The molecule has 2 saturated heterocycles. The van der Waals surface area contributed by atoms with Crippen LogP contribution < -0.4 is 0 Å². The Balaban J connectivity index is 1.50. The van der Waals surface area contributed by atoms with Crippen molar-refractivity contribution in [3.05, 3.63) is 24.3 Å². The number of likely N-dealkylation sites (tertiary alicyclic amines) is 1. The van der Waals surface area contributed by atoms with Gasteiger partial charge in [-0.25, -0.2) is 0 Å². The first-order valence-electron chi connectivity index (χ1n) is 10.6. The van der Waals surface area contributed by atoms with Gasteiger partial charge >= 0.3 is 0 Å². The average Bonchev–Trinajstić information content (AvgIpc) is 3.25. The fourth-order valence-corrected chi connectivity index (χ4v) is 4.09. The number of nitrogens with zero attached hydrogens (tertiary/aromatic N) is 4. The zero-order valence-corrected chi connectivity index (χ0v) is 17.1. The van der Waals surface area contributed by atoms with E-state index in [1.54, 1.807) is 25.7 Å². The van der Waals surface area contributed by atoms with Crippen LogP contribution in [-0.4, -0.2) is 84.8 Å². The van der Waals surface area contributed by atoms with E-state index in [2.05, 4.69) is 19.8 Å². The zero-order valence-electron chi connectivity index (χ0n) is 17.1. The number of aryl methyl sites for hydroxylation is 1. The highest BCUT2D eigenvalue weighted by Crippen LogP contribution is 2.21. The molecule has 7 nitrogen and oxygen atoms in total. The van der Waals surface area contributed by atoms with Crippen molar-refractivity contribution in [3.63, 3.8) is 0 Å². The number of aromatic nitrogens is 2. The van der Waals surface area contributed by atoms with Gasteiger partial charge < -0.3 is 19.3 Å². The molecule has 0 unspecified atom stereocenters. The fraction of sp³-hybridized carbons (Fsp3) is 0.762. The van der Waals surface area contributed by atoms with E-state index in [4.69, 9.17) is 9.47 Å². The molecule has 1 aromatic heterocycles. The molecule has 0 radical (unpaired) electrons. The number of amides is 1. The molecule has 1 aromatic rings. The summed E-state index contributed by atoms with van der Waals surface area (Å²) in [6.07, 6.45) is 10.9. The third-order valence-corrected chi connectivity index (χ3v) is 5.81. The van der Waals surface area contributed by atoms with Crippen molar-refractivity contribution in [2.75, 3.05) is 53.0 Å². The van der Waals surface area contributed by atoms with E-state index in [1.807, 2.05) is 0 Å². The molecule has 2 aliphatic heterocycles. The quantitative estimate of drug-likeness (QED) is 0.607. The molecule has 0 saturated carbocycles. The largest absolute Gasteiger partial charge is 0.383 e. The highest BCUT2D eigenvalue weighted by atomic mass is 16.5. The number of methoxy groups -OCH3 is 1. The molecular weight excluding hydrogens is 356 g/mol. The SMILES string of the molecule is COCCN1CCC(CN(C[C@H]2CCCO2)C(=O)CCc2cnccn2)CC1. The molecule has 3 heterocycles. The first-order valence-corrected chi connectivity index (χ1v) is 10.6. The second-order valence-electron chi connectivity index (χ2n) is 7.91. The summed E-state index contributed by atoms with van der Waals surface area (Å²) in [7, 11) is 1.75. The molecule has 2 fully saturated rings. The summed E-state index contributed by atoms with van der Waals surface area (Å²) in [5.41, 5.74) is 0.874. The van der Waals surface area contributed by atoms with E-state index in [0.717, 1.165) is 77.3 Å². The standard InChI is InChI=1S/C21H34N4O3/c1-27-14-12-24-10-6-18(7-11-24)16-25(17-20-3-2-13-28-20)21(26)5-4-19-15-22-8-9-23-19/h8-9,15,18,20H,2-7,10-14,16-17H2,1H3/t20-/m1/s1. The van der Waals surface area contributed by atoms with E-state index >= 15 is 0 Å². The highest BCUT2D eigenvalue weighted by molar-refractivity contribution is 5.76. The lowest BCUT2D eigenvalue weighted by atomic mass is 9.95. The minimum atomic E-state index is 0.197. The van der Waals surface area contributed by atoms with Crippen molar-refractivity contribution in [3.8, 4) is 0 Å². The van der Waals surface area contributed by atoms with E-state index in [9.17, 15) is 4.79 Å². The lowest BCUT2D eigenvalue weighted by molar-refractivity contribution is -0.133. The number of hydrogen-bond acceptors (Lipinski definition) is 6. The van der Waals surface area contributed by atoms with Crippen LogP contribution in [0, 0.1) is 5.92 Å². The number of carbonyl (C=O) groups is 1. The Kier molecular flexibility index (Phi) is 8.64. The van der Waals surface area contributed by atoms with E-state index in [-0.39, 0.29) is 12.0 Å². The van der Waals surface area contributed by atoms with Gasteiger partial charge in [-0.3, -0.25) is 14.8 Å². The van der Waals surface area contributed by atoms with E-state index in [1.165, 1.54) is 0 Å². The zero-order chi connectivity index (χ0) is 19.6. The molecule has 7 heteroatoms. The Hall–Kier alpha value is -1.57. The van der Waals surface area contributed by atoms with Gasteiger partial charge in [-0.1, -0.05) is 0 Å². The molecule has 28 heavy (non-hydrogen) atoms. The average molecular weight is 391 g/mol. The molecule has 2 aliphatic rings. The summed E-state index contributed by atoms with van der Waals surface area (Å²) < 4.78 is 11.0. The molecular formula is C21H34N4O3. The van der Waals surface area contributed by atoms with Crippen LogP contribution in [0.2, 0.25) is 0 Å². The molecule has 0 bridgehead atoms. The highest BCUT2D eigenvalue weighted by Gasteiger charge is 2.27. The number of piperidine rings is 1. The van der Waals surface area contributed by atoms with Crippen molar-refractivity contribution in [1.82, 2.24) is 19.8 Å². The van der Waals surface area contributed by atoms with Gasteiger partial charge in [0, 0.05) is 58.4 Å². The Bertz CT molecular complexity index is 572. The summed E-state index contributed by atoms with van der Waals surface area (Å²) >= 11 is 0. The monoisotopic (exact) mass is 390 g/mol. The van der Waals surface area contributed by atoms with Crippen LogP contribution in [-0.2, 0) is 20.7 Å². The maximum atomic E-state index is 13.0. The Labute approximate surface area is 168 Å². The lowest BCUT2D eigenvalue weighted by Crippen LogP contribution is -2.44. The molecule has 0 aromatic carbocycles. The Morgan fingerprint density at radius 2 is 2.14 bits per heavy atom. The number of rotatable bonds is 10. The first kappa shape index (κ1) is 21.1. The molecule has 156 valence electrons. The van der Waals surface area contributed by atoms with Gasteiger partial charge in [0.15, 0.2) is 0 Å². The van der Waals surface area contributed by atoms with Crippen LogP contribution in [0.3, 0.4) is 0 Å². The summed E-state index contributed by atoms with van der Waals surface area (Å²) in [5.74, 6) is 0.781. The van der Waals surface area contributed by atoms with Gasteiger partial charge in [0.05, 0.1) is 18.4 Å². The first-order chi connectivity index (χ1) is 13.7. The van der Waals surface area contributed by atoms with Gasteiger partial charge in [0.25, 0.3) is 0 Å². The van der Waals surface area contributed by atoms with Crippen molar-refractivity contribution in [1.29, 1.82) is 0 Å². The van der Waals surface area contributed by atoms with Crippen molar-refractivity contribution < 1.29 is 14.3 Å². The predicted molar refractivity (Wildman–Crippen MR) is 107 cm³/mol. The van der Waals surface area contributed by atoms with Crippen molar-refractivity contribution in [2.45, 2.75) is 44.6 Å². The molecule has 3 rings (SSSR count). The minimum absolute atomic E-state index is 0.197. The number of carbonyl (C=O) groups excluding carboxylic acids is 1. The molecule has 1 amide bonds. The van der Waals surface area contributed by atoms with Crippen molar-refractivity contribution in [2.24, 2.45) is 5.92 Å². The van der Waals surface area contributed by atoms with Gasteiger partial charge in [0.1, 0.15) is 0 Å². The minimum Gasteiger partial charge on any atom is -0.383 e. The van der Waals surface area contributed by atoms with Crippen LogP contribution in [0.4, 0.5) is 0 Å². The second kappa shape index (κ2) is 11.4. The molecule has 0 aliphatic carbocycles. The topological polar surface area (TPSA) is 67.8 Å².